The van der Waals surface area contributed by atoms with Gasteiger partial charge in [0.2, 0.25) is 0 Å². The SMILES string of the molecule is Cc1cc(C)c2c(c1)-c1sc(CCO)cc1CC2. The maximum absolute atomic E-state index is 9.07. The summed E-state index contributed by atoms with van der Waals surface area (Å²) in [5, 5.41) is 9.07. The van der Waals surface area contributed by atoms with Gasteiger partial charge in [-0.25, -0.2) is 0 Å². The third-order valence-corrected chi connectivity index (χ3v) is 4.99. The summed E-state index contributed by atoms with van der Waals surface area (Å²) in [6.45, 7) is 4.64. The van der Waals surface area contributed by atoms with E-state index in [1.165, 1.54) is 37.6 Å². The van der Waals surface area contributed by atoms with Crippen molar-refractivity contribution in [2.45, 2.75) is 33.1 Å². The molecule has 1 aromatic carbocycles. The van der Waals surface area contributed by atoms with Crippen molar-refractivity contribution >= 4 is 11.3 Å². The molecule has 0 amide bonds. The van der Waals surface area contributed by atoms with E-state index in [0.717, 1.165) is 19.3 Å². The number of hydrogen-bond donors (Lipinski definition) is 1. The second kappa shape index (κ2) is 4.52. The van der Waals surface area contributed by atoms with Crippen LogP contribution in [0, 0.1) is 13.8 Å². The molecule has 0 unspecified atom stereocenters. The van der Waals surface area contributed by atoms with Crippen LogP contribution in [0.3, 0.4) is 0 Å². The monoisotopic (exact) mass is 258 g/mol. The van der Waals surface area contributed by atoms with E-state index in [1.807, 2.05) is 11.3 Å². The average molecular weight is 258 g/mol. The summed E-state index contributed by atoms with van der Waals surface area (Å²) in [6, 6.07) is 6.89. The van der Waals surface area contributed by atoms with E-state index >= 15 is 0 Å². The van der Waals surface area contributed by atoms with Crippen LogP contribution < -0.4 is 0 Å². The molecule has 0 bridgehead atoms. The lowest BCUT2D eigenvalue weighted by atomic mass is 9.87. The van der Waals surface area contributed by atoms with Crippen molar-refractivity contribution in [3.05, 3.63) is 45.3 Å². The minimum Gasteiger partial charge on any atom is -0.396 e. The lowest BCUT2D eigenvalue weighted by Crippen LogP contribution is -2.03. The van der Waals surface area contributed by atoms with E-state index in [9.17, 15) is 0 Å². The van der Waals surface area contributed by atoms with Crippen LogP contribution in [-0.4, -0.2) is 11.7 Å². The molecule has 2 heteroatoms. The molecule has 1 nitrogen and oxygen atoms in total. The predicted octanol–water partition coefficient (Wildman–Crippen LogP) is 3.67. The van der Waals surface area contributed by atoms with E-state index < -0.39 is 0 Å². The number of thiophene rings is 1. The Hall–Kier alpha value is -1.12. The predicted molar refractivity (Wildman–Crippen MR) is 77.4 cm³/mol. The molecule has 1 aromatic heterocycles. The van der Waals surface area contributed by atoms with Crippen molar-refractivity contribution in [2.75, 3.05) is 6.61 Å². The molecule has 0 fully saturated rings. The fraction of sp³-hybridized carbons (Fsp3) is 0.375. The molecule has 1 aliphatic rings. The summed E-state index contributed by atoms with van der Waals surface area (Å²) in [7, 11) is 0. The number of aliphatic hydroxyl groups is 1. The van der Waals surface area contributed by atoms with Crippen LogP contribution in [0.4, 0.5) is 0 Å². The highest BCUT2D eigenvalue weighted by atomic mass is 32.1. The molecule has 0 saturated heterocycles. The zero-order valence-electron chi connectivity index (χ0n) is 10.9. The second-order valence-electron chi connectivity index (χ2n) is 5.15. The van der Waals surface area contributed by atoms with Crippen molar-refractivity contribution in [2.24, 2.45) is 0 Å². The van der Waals surface area contributed by atoms with Crippen LogP contribution >= 0.6 is 11.3 Å². The van der Waals surface area contributed by atoms with Crippen LogP contribution in [0.5, 0.6) is 0 Å². The van der Waals surface area contributed by atoms with Gasteiger partial charge in [-0.3, -0.25) is 0 Å². The Morgan fingerprint density at radius 3 is 2.78 bits per heavy atom. The van der Waals surface area contributed by atoms with E-state index in [4.69, 9.17) is 5.11 Å². The molecule has 18 heavy (non-hydrogen) atoms. The molecular formula is C16H18OS. The van der Waals surface area contributed by atoms with E-state index in [1.54, 1.807) is 0 Å². The Bertz CT molecular complexity index is 595. The van der Waals surface area contributed by atoms with Crippen molar-refractivity contribution < 1.29 is 5.11 Å². The molecule has 0 saturated carbocycles. The van der Waals surface area contributed by atoms with Gasteiger partial charge in [0.15, 0.2) is 0 Å². The van der Waals surface area contributed by atoms with Gasteiger partial charge in [0.1, 0.15) is 0 Å². The van der Waals surface area contributed by atoms with Crippen LogP contribution in [0.25, 0.3) is 10.4 Å². The summed E-state index contributed by atoms with van der Waals surface area (Å²) in [4.78, 5) is 2.75. The van der Waals surface area contributed by atoms with Crippen molar-refractivity contribution in [3.8, 4) is 10.4 Å². The average Bonchev–Trinajstić information content (AvgIpc) is 2.72. The minimum absolute atomic E-state index is 0.249. The number of benzene rings is 1. The molecule has 1 aliphatic carbocycles. The lowest BCUT2D eigenvalue weighted by molar-refractivity contribution is 0.300. The number of hydrogen-bond acceptors (Lipinski definition) is 2. The van der Waals surface area contributed by atoms with Gasteiger partial charge in [0.05, 0.1) is 0 Å². The normalized spacial score (nSPS) is 13.3. The highest BCUT2D eigenvalue weighted by Crippen LogP contribution is 2.41. The molecule has 1 N–H and O–H groups in total. The van der Waals surface area contributed by atoms with Gasteiger partial charge < -0.3 is 5.11 Å². The van der Waals surface area contributed by atoms with Crippen LogP contribution in [0.15, 0.2) is 18.2 Å². The van der Waals surface area contributed by atoms with Gasteiger partial charge in [-0.15, -0.1) is 11.3 Å². The van der Waals surface area contributed by atoms with Gasteiger partial charge in [0, 0.05) is 22.8 Å². The van der Waals surface area contributed by atoms with Crippen LogP contribution in [-0.2, 0) is 19.3 Å². The first kappa shape index (κ1) is 11.9. The Balaban J connectivity index is 2.15. The van der Waals surface area contributed by atoms with Gasteiger partial charge in [-0.05, 0) is 55.0 Å². The summed E-state index contributed by atoms with van der Waals surface area (Å²) >= 11 is 1.86. The van der Waals surface area contributed by atoms with Crippen LogP contribution in [0.2, 0.25) is 0 Å². The molecule has 1 heterocycles. The Kier molecular flexibility index (Phi) is 3.00. The number of fused-ring (bicyclic) bond motifs is 3. The third kappa shape index (κ3) is 1.90. The Labute approximate surface area is 112 Å². The fourth-order valence-electron chi connectivity index (χ4n) is 2.92. The largest absolute Gasteiger partial charge is 0.396 e. The maximum Gasteiger partial charge on any atom is 0.0479 e. The lowest BCUT2D eigenvalue weighted by Gasteiger charge is -2.19. The first-order valence-corrected chi connectivity index (χ1v) is 7.33. The van der Waals surface area contributed by atoms with Crippen molar-refractivity contribution in [3.63, 3.8) is 0 Å². The molecule has 0 radical (unpaired) electrons. The number of rotatable bonds is 2. The zero-order valence-corrected chi connectivity index (χ0v) is 11.7. The van der Waals surface area contributed by atoms with Gasteiger partial charge >= 0.3 is 0 Å². The van der Waals surface area contributed by atoms with Gasteiger partial charge in [-0.2, -0.15) is 0 Å². The summed E-state index contributed by atoms with van der Waals surface area (Å²) < 4.78 is 0. The number of aliphatic hydroxyl groups excluding tert-OH is 1. The van der Waals surface area contributed by atoms with Crippen LogP contribution in [0.1, 0.15) is 27.1 Å². The number of aryl methyl sites for hydroxylation is 3. The second-order valence-corrected chi connectivity index (χ2v) is 6.29. The summed E-state index contributed by atoms with van der Waals surface area (Å²) in [6.07, 6.45) is 3.09. The van der Waals surface area contributed by atoms with Crippen molar-refractivity contribution in [1.29, 1.82) is 0 Å². The molecule has 0 aliphatic heterocycles. The molecule has 94 valence electrons. The van der Waals surface area contributed by atoms with Gasteiger partial charge in [0.25, 0.3) is 0 Å². The standard InChI is InChI=1S/C16H18OS/c1-10-7-11(2)14-4-3-12-9-13(5-6-17)18-16(12)15(14)8-10/h7-9,17H,3-6H2,1-2H3. The summed E-state index contributed by atoms with van der Waals surface area (Å²) in [5.74, 6) is 0. The minimum atomic E-state index is 0.249. The third-order valence-electron chi connectivity index (χ3n) is 3.72. The first-order chi connectivity index (χ1) is 8.69. The molecule has 3 rings (SSSR count). The quantitative estimate of drug-likeness (QED) is 0.871. The molecule has 0 spiro atoms. The Morgan fingerprint density at radius 2 is 2.00 bits per heavy atom. The van der Waals surface area contributed by atoms with E-state index in [0.29, 0.717) is 0 Å². The highest BCUT2D eigenvalue weighted by Gasteiger charge is 2.20. The Morgan fingerprint density at radius 1 is 1.17 bits per heavy atom. The first-order valence-electron chi connectivity index (χ1n) is 6.52. The molecular weight excluding hydrogens is 240 g/mol. The molecule has 0 atom stereocenters. The van der Waals surface area contributed by atoms with Crippen molar-refractivity contribution in [1.82, 2.24) is 0 Å². The summed E-state index contributed by atoms with van der Waals surface area (Å²) in [5.41, 5.74) is 7.19. The van der Waals surface area contributed by atoms with Gasteiger partial charge in [-0.1, -0.05) is 17.7 Å². The smallest absolute Gasteiger partial charge is 0.0479 e. The van der Waals surface area contributed by atoms with E-state index in [2.05, 4.69) is 32.0 Å². The molecule has 2 aromatic rings. The topological polar surface area (TPSA) is 20.2 Å². The zero-order chi connectivity index (χ0) is 12.7. The van der Waals surface area contributed by atoms with E-state index in [-0.39, 0.29) is 6.61 Å². The maximum atomic E-state index is 9.07. The fourth-order valence-corrected chi connectivity index (χ4v) is 4.17. The highest BCUT2D eigenvalue weighted by molar-refractivity contribution is 7.15.